The van der Waals surface area contributed by atoms with Crippen molar-refractivity contribution in [2.24, 2.45) is 7.05 Å². The maximum atomic E-state index is 12.8. The summed E-state index contributed by atoms with van der Waals surface area (Å²) in [5, 5.41) is 11.8. The highest BCUT2D eigenvalue weighted by Crippen LogP contribution is 2.24. The number of rotatable bonds is 6. The molecule has 9 heteroatoms. The number of benzene rings is 2. The van der Waals surface area contributed by atoms with Gasteiger partial charge in [-0.05, 0) is 50.2 Å². The third kappa shape index (κ3) is 4.79. The van der Waals surface area contributed by atoms with E-state index in [2.05, 4.69) is 25.5 Å². The molecule has 35 heavy (non-hydrogen) atoms. The van der Waals surface area contributed by atoms with Gasteiger partial charge in [0.1, 0.15) is 17.8 Å². The van der Waals surface area contributed by atoms with Crippen LogP contribution in [0.2, 0.25) is 0 Å². The molecule has 5 rings (SSSR count). The number of nitrogens with one attached hydrogen (secondary N) is 1. The zero-order chi connectivity index (χ0) is 24.4. The van der Waals surface area contributed by atoms with E-state index in [0.717, 1.165) is 22.6 Å². The number of amides is 1. The van der Waals surface area contributed by atoms with E-state index in [1.807, 2.05) is 50.2 Å². The van der Waals surface area contributed by atoms with E-state index in [1.54, 1.807) is 52.8 Å². The van der Waals surface area contributed by atoms with Crippen LogP contribution in [-0.4, -0.2) is 35.4 Å². The summed E-state index contributed by atoms with van der Waals surface area (Å²) in [4.78, 5) is 21.3. The van der Waals surface area contributed by atoms with Crippen molar-refractivity contribution in [2.45, 2.75) is 13.8 Å². The van der Waals surface area contributed by atoms with Gasteiger partial charge in [0.15, 0.2) is 5.82 Å². The van der Waals surface area contributed by atoms with Crippen molar-refractivity contribution in [1.29, 1.82) is 0 Å². The average molecular weight is 466 g/mol. The Hall–Kier alpha value is -4.79. The molecule has 3 heterocycles. The van der Waals surface area contributed by atoms with Crippen LogP contribution in [0.5, 0.6) is 11.6 Å². The molecule has 174 valence electrons. The first kappa shape index (κ1) is 22.0. The van der Waals surface area contributed by atoms with Gasteiger partial charge in [0, 0.05) is 30.1 Å². The summed E-state index contributed by atoms with van der Waals surface area (Å²) in [6.07, 6.45) is 1.44. The lowest BCUT2D eigenvalue weighted by molar-refractivity contribution is 0.101. The van der Waals surface area contributed by atoms with Gasteiger partial charge in [0.25, 0.3) is 5.91 Å². The van der Waals surface area contributed by atoms with Gasteiger partial charge in [-0.15, -0.1) is 0 Å². The Labute approximate surface area is 202 Å². The second-order valence-electron chi connectivity index (χ2n) is 8.04. The van der Waals surface area contributed by atoms with Crippen molar-refractivity contribution < 1.29 is 9.53 Å². The van der Waals surface area contributed by atoms with Crippen molar-refractivity contribution in [3.8, 4) is 28.7 Å². The normalized spacial score (nSPS) is 10.8. The molecule has 0 spiro atoms. The largest absolute Gasteiger partial charge is 0.439 e. The van der Waals surface area contributed by atoms with Crippen LogP contribution < -0.4 is 10.1 Å². The maximum absolute atomic E-state index is 12.8. The van der Waals surface area contributed by atoms with Gasteiger partial charge in [-0.25, -0.2) is 14.6 Å². The molecule has 0 aliphatic heterocycles. The number of hydrogen-bond acceptors (Lipinski definition) is 6. The lowest BCUT2D eigenvalue weighted by Crippen LogP contribution is -2.15. The molecule has 0 aliphatic rings. The van der Waals surface area contributed by atoms with Crippen LogP contribution >= 0.6 is 0 Å². The fourth-order valence-corrected chi connectivity index (χ4v) is 3.71. The van der Waals surface area contributed by atoms with Crippen molar-refractivity contribution in [2.75, 3.05) is 5.32 Å². The highest BCUT2D eigenvalue weighted by atomic mass is 16.5. The van der Waals surface area contributed by atoms with E-state index in [4.69, 9.17) is 4.74 Å². The molecule has 2 aromatic carbocycles. The Kier molecular flexibility index (Phi) is 5.80. The summed E-state index contributed by atoms with van der Waals surface area (Å²) in [6.45, 7) is 3.89. The van der Waals surface area contributed by atoms with Gasteiger partial charge in [0.05, 0.1) is 11.4 Å². The van der Waals surface area contributed by atoms with Crippen molar-refractivity contribution in [1.82, 2.24) is 29.5 Å². The molecule has 0 bridgehead atoms. The summed E-state index contributed by atoms with van der Waals surface area (Å²) >= 11 is 0. The van der Waals surface area contributed by atoms with Gasteiger partial charge in [-0.1, -0.05) is 30.3 Å². The zero-order valence-electron chi connectivity index (χ0n) is 19.5. The summed E-state index contributed by atoms with van der Waals surface area (Å²) in [7, 11) is 1.75. The number of aromatic nitrogens is 6. The number of anilines is 1. The number of carbonyl (C=O) groups is 1. The second-order valence-corrected chi connectivity index (χ2v) is 8.04. The summed E-state index contributed by atoms with van der Waals surface area (Å²) in [5.41, 5.74) is 4.67. The van der Waals surface area contributed by atoms with Crippen LogP contribution in [0.1, 0.15) is 21.9 Å². The first-order valence-electron chi connectivity index (χ1n) is 11.0. The molecular formula is C26H23N7O2. The molecule has 1 N–H and O–H groups in total. The van der Waals surface area contributed by atoms with Crippen LogP contribution in [0.15, 0.2) is 79.1 Å². The quantitative estimate of drug-likeness (QED) is 0.389. The molecule has 9 nitrogen and oxygen atoms in total. The molecule has 0 saturated carbocycles. The monoisotopic (exact) mass is 465 g/mol. The van der Waals surface area contributed by atoms with Crippen LogP contribution in [-0.2, 0) is 7.05 Å². The Morgan fingerprint density at radius 2 is 1.69 bits per heavy atom. The first-order valence-corrected chi connectivity index (χ1v) is 11.0. The van der Waals surface area contributed by atoms with Crippen molar-refractivity contribution in [3.05, 3.63) is 96.2 Å². The van der Waals surface area contributed by atoms with E-state index >= 15 is 0 Å². The lowest BCUT2D eigenvalue weighted by atomic mass is 10.1. The Morgan fingerprint density at radius 1 is 0.914 bits per heavy atom. The molecule has 0 unspecified atom stereocenters. The lowest BCUT2D eigenvalue weighted by Gasteiger charge is -2.09. The Bertz CT molecular complexity index is 1490. The number of carbonyl (C=O) groups excluding carboxylic acids is 1. The Balaban J connectivity index is 1.27. The van der Waals surface area contributed by atoms with E-state index in [0.29, 0.717) is 28.8 Å². The predicted octanol–water partition coefficient (Wildman–Crippen LogP) is 4.72. The Morgan fingerprint density at radius 3 is 2.40 bits per heavy atom. The fourth-order valence-electron chi connectivity index (χ4n) is 3.71. The highest BCUT2D eigenvalue weighted by molar-refractivity contribution is 6.03. The molecule has 1 amide bonds. The van der Waals surface area contributed by atoms with E-state index in [1.165, 1.54) is 6.33 Å². The van der Waals surface area contributed by atoms with Crippen LogP contribution in [0.25, 0.3) is 17.1 Å². The van der Waals surface area contributed by atoms with Gasteiger partial charge >= 0.3 is 0 Å². The van der Waals surface area contributed by atoms with Crippen LogP contribution in [0, 0.1) is 13.8 Å². The van der Waals surface area contributed by atoms with Gasteiger partial charge in [0.2, 0.25) is 5.88 Å². The molecule has 0 radical (unpaired) electrons. The minimum atomic E-state index is -0.249. The predicted molar refractivity (Wildman–Crippen MR) is 132 cm³/mol. The van der Waals surface area contributed by atoms with E-state index in [9.17, 15) is 4.79 Å². The van der Waals surface area contributed by atoms with Gasteiger partial charge in [-0.2, -0.15) is 10.2 Å². The first-order chi connectivity index (χ1) is 17.0. The fraction of sp³-hybridized carbons (Fsp3) is 0.115. The van der Waals surface area contributed by atoms with Crippen LogP contribution in [0.4, 0.5) is 5.69 Å². The molecule has 3 aromatic heterocycles. The maximum Gasteiger partial charge on any atom is 0.273 e. The number of hydrogen-bond donors (Lipinski definition) is 1. The standard InChI is InChI=1S/C26H23N7O2/c1-17-13-18(2)33(30-17)24-15-25(28-16-27-24)35-21-11-9-20(10-12-21)29-26(34)23-14-22(31-32(23)3)19-7-5-4-6-8-19/h4-16H,1-3H3,(H,29,34). The van der Waals surface area contributed by atoms with E-state index < -0.39 is 0 Å². The molecule has 0 fully saturated rings. The molecule has 5 aromatic rings. The topological polar surface area (TPSA) is 99.8 Å². The second kappa shape index (κ2) is 9.22. The van der Waals surface area contributed by atoms with Gasteiger partial charge in [-0.3, -0.25) is 9.48 Å². The van der Waals surface area contributed by atoms with Crippen LogP contribution in [0.3, 0.4) is 0 Å². The zero-order valence-corrected chi connectivity index (χ0v) is 19.5. The highest BCUT2D eigenvalue weighted by Gasteiger charge is 2.15. The number of ether oxygens (including phenoxy) is 1. The van der Waals surface area contributed by atoms with Gasteiger partial charge < -0.3 is 10.1 Å². The minimum absolute atomic E-state index is 0.249. The van der Waals surface area contributed by atoms with E-state index in [-0.39, 0.29) is 5.91 Å². The average Bonchev–Trinajstić information content (AvgIpc) is 3.42. The van der Waals surface area contributed by atoms with Crippen molar-refractivity contribution in [3.63, 3.8) is 0 Å². The third-order valence-electron chi connectivity index (χ3n) is 5.37. The molecule has 0 saturated heterocycles. The third-order valence-corrected chi connectivity index (χ3v) is 5.37. The van der Waals surface area contributed by atoms with Crippen molar-refractivity contribution >= 4 is 11.6 Å². The molecule has 0 aliphatic carbocycles. The smallest absolute Gasteiger partial charge is 0.273 e. The SMILES string of the molecule is Cc1cc(C)n(-c2cc(Oc3ccc(NC(=O)c4cc(-c5ccccc5)nn4C)cc3)ncn2)n1. The minimum Gasteiger partial charge on any atom is -0.439 e. The number of aryl methyl sites for hydroxylation is 3. The summed E-state index contributed by atoms with van der Waals surface area (Å²) in [6, 6.07) is 22.3. The molecule has 0 atom stereocenters. The summed E-state index contributed by atoms with van der Waals surface area (Å²) in [5.74, 6) is 1.34. The molecular weight excluding hydrogens is 442 g/mol. The number of nitrogens with zero attached hydrogens (tertiary/aromatic N) is 6. The summed E-state index contributed by atoms with van der Waals surface area (Å²) < 4.78 is 9.20.